The van der Waals surface area contributed by atoms with Crippen molar-refractivity contribution in [2.75, 3.05) is 24.8 Å². The molecule has 2 aromatic heterocycles. The zero-order chi connectivity index (χ0) is 22.8. The number of aromatic nitrogens is 4. The highest BCUT2D eigenvalue weighted by Crippen LogP contribution is 2.30. The Labute approximate surface area is 195 Å². The zero-order valence-corrected chi connectivity index (χ0v) is 19.0. The molecule has 0 saturated carbocycles. The third-order valence-electron chi connectivity index (χ3n) is 5.41. The molecule has 0 spiro atoms. The van der Waals surface area contributed by atoms with Crippen molar-refractivity contribution >= 4 is 39.9 Å². The number of hydrogen-bond donors (Lipinski definition) is 0. The first-order valence-corrected chi connectivity index (χ1v) is 11.4. The average Bonchev–Trinajstić information content (AvgIpc) is 3.31. The standard InChI is InChI=1S/C25H21N5O2S/c1-29(18-8-4-3-5-9-18)22(31)16-33-25-28-27-24-20-10-6-7-11-21(20)26-23(30(24)25)17-12-14-19(32-2)15-13-17/h3-15H,16H2,1-2H3. The summed E-state index contributed by atoms with van der Waals surface area (Å²) in [5.74, 6) is 1.68. The van der Waals surface area contributed by atoms with Gasteiger partial charge in [0.2, 0.25) is 5.91 Å². The predicted octanol–water partition coefficient (Wildman–Crippen LogP) is 4.71. The van der Waals surface area contributed by atoms with Crippen molar-refractivity contribution in [1.82, 2.24) is 19.6 Å². The van der Waals surface area contributed by atoms with E-state index in [0.717, 1.165) is 27.9 Å². The van der Waals surface area contributed by atoms with Crippen LogP contribution < -0.4 is 9.64 Å². The Morgan fingerprint density at radius 2 is 1.70 bits per heavy atom. The van der Waals surface area contributed by atoms with Gasteiger partial charge >= 0.3 is 0 Å². The van der Waals surface area contributed by atoms with Crippen LogP contribution >= 0.6 is 11.8 Å². The first-order chi connectivity index (χ1) is 16.2. The highest BCUT2D eigenvalue weighted by molar-refractivity contribution is 7.99. The number of anilines is 1. The number of methoxy groups -OCH3 is 1. The smallest absolute Gasteiger partial charge is 0.237 e. The molecule has 1 amide bonds. The van der Waals surface area contributed by atoms with Crippen LogP contribution in [0.4, 0.5) is 5.69 Å². The molecule has 7 nitrogen and oxygen atoms in total. The third-order valence-corrected chi connectivity index (χ3v) is 6.32. The molecule has 0 unspecified atom stereocenters. The maximum Gasteiger partial charge on any atom is 0.237 e. The van der Waals surface area contributed by atoms with Gasteiger partial charge < -0.3 is 9.64 Å². The van der Waals surface area contributed by atoms with Gasteiger partial charge in [-0.2, -0.15) is 0 Å². The van der Waals surface area contributed by atoms with Crippen molar-refractivity contribution in [2.45, 2.75) is 5.16 Å². The molecule has 0 N–H and O–H groups in total. The zero-order valence-electron chi connectivity index (χ0n) is 18.2. The Bertz CT molecular complexity index is 1430. The van der Waals surface area contributed by atoms with E-state index in [1.807, 2.05) is 83.3 Å². The number of carbonyl (C=O) groups excluding carboxylic acids is 1. The monoisotopic (exact) mass is 455 g/mol. The van der Waals surface area contributed by atoms with Gasteiger partial charge in [-0.15, -0.1) is 10.2 Å². The van der Waals surface area contributed by atoms with Crippen LogP contribution in [0.2, 0.25) is 0 Å². The molecule has 0 aliphatic rings. The van der Waals surface area contributed by atoms with Crippen LogP contribution in [0, 0.1) is 0 Å². The number of fused-ring (bicyclic) bond motifs is 3. The minimum absolute atomic E-state index is 0.0253. The van der Waals surface area contributed by atoms with E-state index in [9.17, 15) is 4.79 Å². The molecule has 0 radical (unpaired) electrons. The lowest BCUT2D eigenvalue weighted by Crippen LogP contribution is -2.27. The summed E-state index contributed by atoms with van der Waals surface area (Å²) in [4.78, 5) is 19.4. The maximum atomic E-state index is 12.8. The summed E-state index contributed by atoms with van der Waals surface area (Å²) >= 11 is 1.35. The van der Waals surface area contributed by atoms with Gasteiger partial charge in [0.1, 0.15) is 11.6 Å². The molecule has 0 fully saturated rings. The van der Waals surface area contributed by atoms with Gasteiger partial charge in [-0.25, -0.2) is 4.98 Å². The van der Waals surface area contributed by atoms with Gasteiger partial charge in [0, 0.05) is 23.7 Å². The molecule has 0 aliphatic heterocycles. The van der Waals surface area contributed by atoms with E-state index < -0.39 is 0 Å². The number of carbonyl (C=O) groups is 1. The first-order valence-electron chi connectivity index (χ1n) is 10.4. The fourth-order valence-corrected chi connectivity index (χ4v) is 4.45. The van der Waals surface area contributed by atoms with E-state index in [-0.39, 0.29) is 11.7 Å². The minimum atomic E-state index is -0.0253. The number of benzene rings is 3. The highest BCUT2D eigenvalue weighted by Gasteiger charge is 2.19. The summed E-state index contributed by atoms with van der Waals surface area (Å²) in [6.45, 7) is 0. The van der Waals surface area contributed by atoms with Crippen molar-refractivity contribution in [3.05, 3.63) is 78.9 Å². The van der Waals surface area contributed by atoms with Crippen LogP contribution in [-0.4, -0.2) is 45.4 Å². The quantitative estimate of drug-likeness (QED) is 0.345. The van der Waals surface area contributed by atoms with Gasteiger partial charge in [-0.1, -0.05) is 42.1 Å². The molecule has 0 aliphatic carbocycles. The molecule has 0 bridgehead atoms. The second kappa shape index (κ2) is 8.91. The van der Waals surface area contributed by atoms with Crippen LogP contribution in [-0.2, 0) is 4.79 Å². The summed E-state index contributed by atoms with van der Waals surface area (Å²) < 4.78 is 7.22. The molecule has 164 valence electrons. The number of rotatable bonds is 6. The average molecular weight is 456 g/mol. The van der Waals surface area contributed by atoms with Crippen LogP contribution in [0.15, 0.2) is 84.0 Å². The lowest BCUT2D eigenvalue weighted by molar-refractivity contribution is -0.115. The Balaban J connectivity index is 1.54. The minimum Gasteiger partial charge on any atom is -0.497 e. The molecule has 2 heterocycles. The maximum absolute atomic E-state index is 12.8. The van der Waals surface area contributed by atoms with Crippen molar-refractivity contribution in [1.29, 1.82) is 0 Å². The molecule has 0 saturated heterocycles. The van der Waals surface area contributed by atoms with Crippen molar-refractivity contribution < 1.29 is 9.53 Å². The number of thioether (sulfide) groups is 1. The summed E-state index contributed by atoms with van der Waals surface area (Å²) in [5.41, 5.74) is 3.29. The molecule has 8 heteroatoms. The van der Waals surface area contributed by atoms with E-state index >= 15 is 0 Å². The molecule has 33 heavy (non-hydrogen) atoms. The summed E-state index contributed by atoms with van der Waals surface area (Å²) in [6.07, 6.45) is 0. The van der Waals surface area contributed by atoms with Gasteiger partial charge in [0.25, 0.3) is 0 Å². The van der Waals surface area contributed by atoms with Crippen LogP contribution in [0.25, 0.3) is 27.9 Å². The number of para-hydroxylation sites is 2. The molecule has 0 atom stereocenters. The summed E-state index contributed by atoms with van der Waals surface area (Å²) in [6, 6.07) is 25.1. The van der Waals surface area contributed by atoms with E-state index in [4.69, 9.17) is 9.72 Å². The number of hydrogen-bond acceptors (Lipinski definition) is 6. The van der Waals surface area contributed by atoms with Crippen molar-refractivity contribution in [3.63, 3.8) is 0 Å². The van der Waals surface area contributed by atoms with E-state index in [1.54, 1.807) is 19.1 Å². The van der Waals surface area contributed by atoms with E-state index in [2.05, 4.69) is 10.2 Å². The molecular formula is C25H21N5O2S. The van der Waals surface area contributed by atoms with Crippen LogP contribution in [0.5, 0.6) is 5.75 Å². The highest BCUT2D eigenvalue weighted by atomic mass is 32.2. The number of nitrogens with zero attached hydrogens (tertiary/aromatic N) is 5. The lowest BCUT2D eigenvalue weighted by atomic mass is 10.1. The molecule has 3 aromatic carbocycles. The normalized spacial score (nSPS) is 11.1. The Hall–Kier alpha value is -3.91. The van der Waals surface area contributed by atoms with Gasteiger partial charge in [0.05, 0.1) is 18.4 Å². The molecular weight excluding hydrogens is 434 g/mol. The number of ether oxygens (including phenoxy) is 1. The fourth-order valence-electron chi connectivity index (χ4n) is 3.61. The van der Waals surface area contributed by atoms with E-state index in [1.165, 1.54) is 11.8 Å². The van der Waals surface area contributed by atoms with Gasteiger partial charge in [-0.05, 0) is 48.5 Å². The second-order valence-electron chi connectivity index (χ2n) is 7.40. The van der Waals surface area contributed by atoms with Crippen molar-refractivity contribution in [3.8, 4) is 17.1 Å². The topological polar surface area (TPSA) is 72.6 Å². The first kappa shape index (κ1) is 21.0. The fraction of sp³-hybridized carbons (Fsp3) is 0.120. The Kier molecular flexibility index (Phi) is 5.66. The van der Waals surface area contributed by atoms with Gasteiger partial charge in [-0.3, -0.25) is 9.20 Å². The van der Waals surface area contributed by atoms with E-state index in [0.29, 0.717) is 16.6 Å². The SMILES string of the molecule is COc1ccc(-c2nc3ccccc3c3nnc(SCC(=O)N(C)c4ccccc4)n23)cc1. The summed E-state index contributed by atoms with van der Waals surface area (Å²) in [7, 11) is 3.41. The van der Waals surface area contributed by atoms with Crippen molar-refractivity contribution in [2.24, 2.45) is 0 Å². The lowest BCUT2D eigenvalue weighted by Gasteiger charge is -2.16. The largest absolute Gasteiger partial charge is 0.497 e. The Morgan fingerprint density at radius 3 is 2.45 bits per heavy atom. The second-order valence-corrected chi connectivity index (χ2v) is 8.34. The predicted molar refractivity (Wildman–Crippen MR) is 131 cm³/mol. The third kappa shape index (κ3) is 4.01. The van der Waals surface area contributed by atoms with Crippen LogP contribution in [0.3, 0.4) is 0 Å². The summed E-state index contributed by atoms with van der Waals surface area (Å²) in [5, 5.41) is 10.4. The van der Waals surface area contributed by atoms with Gasteiger partial charge in [0.15, 0.2) is 10.8 Å². The van der Waals surface area contributed by atoms with Crippen LogP contribution in [0.1, 0.15) is 0 Å². The Morgan fingerprint density at radius 1 is 0.970 bits per heavy atom. The number of amides is 1. The molecule has 5 rings (SSSR count). The molecule has 5 aromatic rings.